The van der Waals surface area contributed by atoms with E-state index in [4.69, 9.17) is 4.79 Å². The molecule has 0 saturated heterocycles. The molecule has 0 aromatic heterocycles. The van der Waals surface area contributed by atoms with Gasteiger partial charge >= 0.3 is 0 Å². The lowest BCUT2D eigenvalue weighted by Gasteiger charge is -2.25. The summed E-state index contributed by atoms with van der Waals surface area (Å²) in [5.74, 6) is 0.864. The highest BCUT2D eigenvalue weighted by molar-refractivity contribution is 9.10. The van der Waals surface area contributed by atoms with Gasteiger partial charge in [-0.2, -0.15) is 0 Å². The molecule has 1 aromatic carbocycles. The summed E-state index contributed by atoms with van der Waals surface area (Å²) in [5, 5.41) is 0. The largest absolute Gasteiger partial charge is 0.471 e. The molecule has 0 spiro atoms. The van der Waals surface area contributed by atoms with Gasteiger partial charge in [-0.3, -0.25) is 4.79 Å². The highest BCUT2D eigenvalue weighted by Gasteiger charge is 2.18. The number of carbonyl (C=O) groups excluding carboxylic acids is 1. The molecule has 2 nitrogen and oxygen atoms in total. The molecule has 0 N–H and O–H groups in total. The number of ether oxygens (including phenoxy) is 1. The highest BCUT2D eigenvalue weighted by atomic mass is 79.9. The zero-order valence-corrected chi connectivity index (χ0v) is 10.4. The number of carbonyl (C=O) groups is 1. The molecule has 1 fully saturated rings. The summed E-state index contributed by atoms with van der Waals surface area (Å²) in [6, 6.07) is 8.73. The maximum absolute atomic E-state index is 8.95. The monoisotopic (exact) mass is 270 g/mol. The van der Waals surface area contributed by atoms with Gasteiger partial charge in [0.25, 0.3) is 6.47 Å². The van der Waals surface area contributed by atoms with E-state index in [1.54, 1.807) is 0 Å². The number of rotatable bonds is 2. The van der Waals surface area contributed by atoms with Crippen LogP contribution in [0.4, 0.5) is 0 Å². The molecule has 2 rings (SSSR count). The van der Waals surface area contributed by atoms with Crippen molar-refractivity contribution < 1.29 is 9.53 Å². The second-order valence-corrected chi connectivity index (χ2v) is 4.43. The van der Waals surface area contributed by atoms with E-state index in [0.717, 1.165) is 5.92 Å². The third-order valence-electron chi connectivity index (χ3n) is 2.54. The van der Waals surface area contributed by atoms with Crippen molar-refractivity contribution in [2.75, 3.05) is 7.11 Å². The Bertz CT molecular complexity index is 291. The molecule has 1 saturated carbocycles. The van der Waals surface area contributed by atoms with E-state index in [9.17, 15) is 0 Å². The molecule has 0 amide bonds. The lowest BCUT2D eigenvalue weighted by atomic mass is 9.80. The minimum Gasteiger partial charge on any atom is -0.471 e. The molecular weight excluding hydrogens is 256 g/mol. The smallest absolute Gasteiger partial charge is 0.292 e. The van der Waals surface area contributed by atoms with E-state index in [1.807, 2.05) is 0 Å². The summed E-state index contributed by atoms with van der Waals surface area (Å²) < 4.78 is 5.04. The summed E-state index contributed by atoms with van der Waals surface area (Å²) in [7, 11) is 1.31. The fourth-order valence-electron chi connectivity index (χ4n) is 1.48. The van der Waals surface area contributed by atoms with Gasteiger partial charge in [0.1, 0.15) is 0 Å². The summed E-state index contributed by atoms with van der Waals surface area (Å²) >= 11 is 3.43. The average molecular weight is 271 g/mol. The zero-order valence-electron chi connectivity index (χ0n) is 8.78. The second kappa shape index (κ2) is 6.62. The quantitative estimate of drug-likeness (QED) is 0.769. The summed E-state index contributed by atoms with van der Waals surface area (Å²) in [6.45, 7) is 0.375. The number of methoxy groups -OCH3 is 1. The van der Waals surface area contributed by atoms with Crippen LogP contribution in [0.1, 0.15) is 30.7 Å². The first kappa shape index (κ1) is 12.2. The van der Waals surface area contributed by atoms with E-state index in [0.29, 0.717) is 6.47 Å². The summed E-state index contributed by atoms with van der Waals surface area (Å²) in [5.41, 5.74) is 1.51. The van der Waals surface area contributed by atoms with Crippen LogP contribution < -0.4 is 0 Å². The zero-order chi connectivity index (χ0) is 11.1. The van der Waals surface area contributed by atoms with Crippen molar-refractivity contribution in [2.24, 2.45) is 0 Å². The van der Waals surface area contributed by atoms with E-state index in [2.05, 4.69) is 44.9 Å². The third-order valence-corrected chi connectivity index (χ3v) is 3.07. The van der Waals surface area contributed by atoms with E-state index in [1.165, 1.54) is 36.4 Å². The maximum Gasteiger partial charge on any atom is 0.292 e. The molecule has 1 aliphatic carbocycles. The van der Waals surface area contributed by atoms with Crippen LogP contribution in [-0.4, -0.2) is 13.6 Å². The predicted molar refractivity (Wildman–Crippen MR) is 63.8 cm³/mol. The lowest BCUT2D eigenvalue weighted by Crippen LogP contribution is -2.07. The number of hydrogen-bond donors (Lipinski definition) is 0. The molecular formula is C12H15BrO2. The van der Waals surface area contributed by atoms with Crippen molar-refractivity contribution >= 4 is 22.4 Å². The first-order valence-corrected chi connectivity index (χ1v) is 5.79. The Morgan fingerprint density at radius 3 is 2.20 bits per heavy atom. The highest BCUT2D eigenvalue weighted by Crippen LogP contribution is 2.36. The number of benzene rings is 1. The van der Waals surface area contributed by atoms with E-state index >= 15 is 0 Å². The maximum atomic E-state index is 8.95. The molecule has 15 heavy (non-hydrogen) atoms. The first-order valence-electron chi connectivity index (χ1n) is 5.00. The molecule has 1 aromatic rings. The lowest BCUT2D eigenvalue weighted by molar-refractivity contribution is -0.126. The Kier molecular flexibility index (Phi) is 5.40. The molecule has 3 heteroatoms. The topological polar surface area (TPSA) is 26.3 Å². The van der Waals surface area contributed by atoms with Crippen molar-refractivity contribution in [1.82, 2.24) is 0 Å². The first-order chi connectivity index (χ1) is 7.27. The van der Waals surface area contributed by atoms with Crippen LogP contribution in [0, 0.1) is 0 Å². The van der Waals surface area contributed by atoms with Gasteiger partial charge in [-0.1, -0.05) is 34.5 Å². The molecule has 0 bridgehead atoms. The molecule has 0 atom stereocenters. The van der Waals surface area contributed by atoms with Gasteiger partial charge in [-0.15, -0.1) is 0 Å². The Balaban J connectivity index is 0.000000245. The van der Waals surface area contributed by atoms with Crippen LogP contribution in [0.2, 0.25) is 0 Å². The predicted octanol–water partition coefficient (Wildman–Crippen LogP) is 3.51. The molecule has 0 radical (unpaired) electrons. The van der Waals surface area contributed by atoms with Crippen LogP contribution >= 0.6 is 15.9 Å². The Morgan fingerprint density at radius 1 is 1.33 bits per heavy atom. The standard InChI is InChI=1S/C10H11Br.C2H4O2/c11-10-6-4-9(5-7-10)8-2-1-3-8;1-4-2-3/h4-8H,1-3H2;2H,1H3. The summed E-state index contributed by atoms with van der Waals surface area (Å²) in [4.78, 5) is 8.95. The fraction of sp³-hybridized carbons (Fsp3) is 0.417. The average Bonchev–Trinajstić information content (AvgIpc) is 2.19. The fourth-order valence-corrected chi connectivity index (χ4v) is 1.74. The van der Waals surface area contributed by atoms with Crippen LogP contribution in [0.3, 0.4) is 0 Å². The minimum atomic E-state index is 0.375. The molecule has 1 aliphatic rings. The van der Waals surface area contributed by atoms with Gasteiger partial charge in [-0.05, 0) is 36.5 Å². The van der Waals surface area contributed by atoms with Crippen LogP contribution in [0.25, 0.3) is 0 Å². The third kappa shape index (κ3) is 4.04. The molecule has 82 valence electrons. The van der Waals surface area contributed by atoms with Gasteiger partial charge in [0, 0.05) is 4.47 Å². The Labute approximate surface area is 98.8 Å². The number of halogens is 1. The van der Waals surface area contributed by atoms with Gasteiger partial charge in [0.05, 0.1) is 7.11 Å². The molecule has 0 unspecified atom stereocenters. The van der Waals surface area contributed by atoms with Gasteiger partial charge in [0.2, 0.25) is 0 Å². The number of hydrogen-bond acceptors (Lipinski definition) is 2. The van der Waals surface area contributed by atoms with Crippen molar-refractivity contribution in [2.45, 2.75) is 25.2 Å². The van der Waals surface area contributed by atoms with Gasteiger partial charge < -0.3 is 4.74 Å². The normalized spacial score (nSPS) is 14.5. The molecule has 0 aliphatic heterocycles. The van der Waals surface area contributed by atoms with Crippen molar-refractivity contribution in [3.05, 3.63) is 34.3 Å². The van der Waals surface area contributed by atoms with Gasteiger partial charge in [-0.25, -0.2) is 0 Å². The van der Waals surface area contributed by atoms with Gasteiger partial charge in [0.15, 0.2) is 0 Å². The van der Waals surface area contributed by atoms with Crippen molar-refractivity contribution in [3.8, 4) is 0 Å². The van der Waals surface area contributed by atoms with Crippen LogP contribution in [0.15, 0.2) is 28.7 Å². The van der Waals surface area contributed by atoms with Crippen LogP contribution in [-0.2, 0) is 9.53 Å². The van der Waals surface area contributed by atoms with Crippen molar-refractivity contribution in [3.63, 3.8) is 0 Å². The van der Waals surface area contributed by atoms with E-state index < -0.39 is 0 Å². The minimum absolute atomic E-state index is 0.375. The second-order valence-electron chi connectivity index (χ2n) is 3.51. The SMILES string of the molecule is Brc1ccc(C2CCC2)cc1.COC=O. The molecule has 0 heterocycles. The summed E-state index contributed by atoms with van der Waals surface area (Å²) in [6.07, 6.45) is 4.20. The van der Waals surface area contributed by atoms with E-state index in [-0.39, 0.29) is 0 Å². The Morgan fingerprint density at radius 2 is 1.87 bits per heavy atom. The van der Waals surface area contributed by atoms with Crippen LogP contribution in [0.5, 0.6) is 0 Å². The Hall–Kier alpha value is -0.830. The van der Waals surface area contributed by atoms with Crippen molar-refractivity contribution in [1.29, 1.82) is 0 Å².